The zero-order valence-corrected chi connectivity index (χ0v) is 9.12. The van der Waals surface area contributed by atoms with Crippen LogP contribution < -0.4 is 4.90 Å². The molecule has 0 N–H and O–H groups in total. The Hall–Kier alpha value is -1.23. The van der Waals surface area contributed by atoms with Gasteiger partial charge < -0.3 is 9.64 Å². The van der Waals surface area contributed by atoms with Gasteiger partial charge in [0.1, 0.15) is 5.82 Å². The summed E-state index contributed by atoms with van der Waals surface area (Å²) in [5.74, 6) is -0.0590. The summed E-state index contributed by atoms with van der Waals surface area (Å²) in [6.07, 6.45) is 0.388. The minimum absolute atomic E-state index is 0.0683. The highest BCUT2D eigenvalue weighted by atomic mass is 19.1. The smallest absolute Gasteiger partial charge is 0.214 e. The van der Waals surface area contributed by atoms with Gasteiger partial charge in [0.05, 0.1) is 13.2 Å². The van der Waals surface area contributed by atoms with E-state index in [0.29, 0.717) is 18.8 Å². The molecular formula is C11H14F2N2O. The topological polar surface area (TPSA) is 25.4 Å². The van der Waals surface area contributed by atoms with E-state index in [-0.39, 0.29) is 13.2 Å². The second kappa shape index (κ2) is 4.33. The molecule has 88 valence electrons. The van der Waals surface area contributed by atoms with Gasteiger partial charge in [0.2, 0.25) is 5.95 Å². The van der Waals surface area contributed by atoms with E-state index in [1.165, 1.54) is 13.2 Å². The number of anilines is 1. The molecular weight excluding hydrogens is 214 g/mol. The average molecular weight is 228 g/mol. The Morgan fingerprint density at radius 1 is 1.56 bits per heavy atom. The van der Waals surface area contributed by atoms with Crippen molar-refractivity contribution in [2.24, 2.45) is 0 Å². The van der Waals surface area contributed by atoms with Crippen LogP contribution in [0.4, 0.5) is 14.6 Å². The van der Waals surface area contributed by atoms with Gasteiger partial charge >= 0.3 is 0 Å². The van der Waals surface area contributed by atoms with Gasteiger partial charge in [-0.15, -0.1) is 0 Å². The van der Waals surface area contributed by atoms with E-state index < -0.39 is 11.6 Å². The molecule has 1 aromatic rings. The van der Waals surface area contributed by atoms with Gasteiger partial charge in [-0.1, -0.05) is 6.07 Å². The van der Waals surface area contributed by atoms with Gasteiger partial charge in [-0.25, -0.2) is 9.37 Å². The van der Waals surface area contributed by atoms with Gasteiger partial charge in [-0.3, -0.25) is 0 Å². The molecule has 1 fully saturated rings. The average Bonchev–Trinajstić information content (AvgIpc) is 2.61. The highest BCUT2D eigenvalue weighted by molar-refractivity contribution is 5.40. The third-order valence-electron chi connectivity index (χ3n) is 2.73. The van der Waals surface area contributed by atoms with Gasteiger partial charge in [-0.05, 0) is 12.1 Å². The Labute approximate surface area is 93.0 Å². The molecule has 0 spiro atoms. The van der Waals surface area contributed by atoms with Crippen LogP contribution in [-0.4, -0.2) is 37.5 Å². The molecule has 3 nitrogen and oxygen atoms in total. The van der Waals surface area contributed by atoms with Crippen LogP contribution in [0.2, 0.25) is 0 Å². The van der Waals surface area contributed by atoms with Crippen LogP contribution >= 0.6 is 0 Å². The second-order valence-corrected chi connectivity index (χ2v) is 4.07. The van der Waals surface area contributed by atoms with Crippen LogP contribution in [0.15, 0.2) is 18.2 Å². The number of alkyl halides is 1. The fourth-order valence-electron chi connectivity index (χ4n) is 1.98. The molecule has 1 unspecified atom stereocenters. The van der Waals surface area contributed by atoms with Crippen molar-refractivity contribution in [1.82, 2.24) is 4.98 Å². The van der Waals surface area contributed by atoms with Crippen LogP contribution in [0.1, 0.15) is 6.42 Å². The monoisotopic (exact) mass is 228 g/mol. The minimum atomic E-state index is -1.34. The predicted octanol–water partition coefficient (Wildman–Crippen LogP) is 1.79. The van der Waals surface area contributed by atoms with Crippen LogP contribution in [0.5, 0.6) is 0 Å². The SMILES string of the molecule is COCC1(F)CCN(c2cccc(F)n2)C1. The molecule has 2 heterocycles. The Morgan fingerprint density at radius 2 is 2.38 bits per heavy atom. The minimum Gasteiger partial charge on any atom is -0.381 e. The van der Waals surface area contributed by atoms with Crippen molar-refractivity contribution >= 4 is 5.82 Å². The lowest BCUT2D eigenvalue weighted by atomic mass is 10.1. The first kappa shape index (κ1) is 11.3. The molecule has 1 aliphatic heterocycles. The second-order valence-electron chi connectivity index (χ2n) is 4.07. The molecule has 5 heteroatoms. The third kappa shape index (κ3) is 2.29. The van der Waals surface area contributed by atoms with Gasteiger partial charge in [0.15, 0.2) is 5.67 Å². The van der Waals surface area contributed by atoms with Gasteiger partial charge in [-0.2, -0.15) is 4.39 Å². The third-order valence-corrected chi connectivity index (χ3v) is 2.73. The molecule has 0 aliphatic carbocycles. The van der Waals surface area contributed by atoms with Crippen LogP contribution in [0, 0.1) is 5.95 Å². The Bertz CT molecular complexity index is 375. The van der Waals surface area contributed by atoms with Crippen LogP contribution in [0.3, 0.4) is 0 Å². The van der Waals surface area contributed by atoms with Crippen molar-refractivity contribution in [3.63, 3.8) is 0 Å². The largest absolute Gasteiger partial charge is 0.381 e. The first-order valence-corrected chi connectivity index (χ1v) is 5.18. The number of ether oxygens (including phenoxy) is 1. The predicted molar refractivity (Wildman–Crippen MR) is 56.7 cm³/mol. The maximum absolute atomic E-state index is 14.1. The van der Waals surface area contributed by atoms with Crippen LogP contribution in [0.25, 0.3) is 0 Å². The lowest BCUT2D eigenvalue weighted by molar-refractivity contribution is 0.0570. The molecule has 0 saturated carbocycles. The number of aromatic nitrogens is 1. The molecule has 0 aromatic carbocycles. The number of halogens is 2. The van der Waals surface area contributed by atoms with Crippen molar-refractivity contribution in [2.45, 2.75) is 12.1 Å². The van der Waals surface area contributed by atoms with E-state index >= 15 is 0 Å². The number of pyridine rings is 1. The van der Waals surface area contributed by atoms with Crippen molar-refractivity contribution < 1.29 is 13.5 Å². The molecule has 0 bridgehead atoms. The van der Waals surface area contributed by atoms with Crippen molar-refractivity contribution in [2.75, 3.05) is 31.7 Å². The van der Waals surface area contributed by atoms with E-state index in [9.17, 15) is 8.78 Å². The molecule has 1 aliphatic rings. The highest BCUT2D eigenvalue weighted by Gasteiger charge is 2.38. The van der Waals surface area contributed by atoms with Gasteiger partial charge in [0.25, 0.3) is 0 Å². The summed E-state index contributed by atoms with van der Waals surface area (Å²) in [7, 11) is 1.48. The lowest BCUT2D eigenvalue weighted by Crippen LogP contribution is -2.33. The van der Waals surface area contributed by atoms with E-state index in [1.807, 2.05) is 0 Å². The highest BCUT2D eigenvalue weighted by Crippen LogP contribution is 2.28. The molecule has 0 amide bonds. The summed E-state index contributed by atoms with van der Waals surface area (Å²) in [5, 5.41) is 0. The molecule has 16 heavy (non-hydrogen) atoms. The molecule has 1 saturated heterocycles. The Kier molecular flexibility index (Phi) is 3.05. The fraction of sp³-hybridized carbons (Fsp3) is 0.545. The number of hydrogen-bond acceptors (Lipinski definition) is 3. The van der Waals surface area contributed by atoms with Crippen molar-refractivity contribution in [3.05, 3.63) is 24.1 Å². The normalized spacial score (nSPS) is 25.1. The van der Waals surface area contributed by atoms with E-state index in [1.54, 1.807) is 17.0 Å². The number of nitrogens with zero attached hydrogens (tertiary/aromatic N) is 2. The van der Waals surface area contributed by atoms with Crippen LogP contribution in [-0.2, 0) is 4.74 Å². The summed E-state index contributed by atoms with van der Waals surface area (Å²) in [6, 6.07) is 4.53. The van der Waals surface area contributed by atoms with Gasteiger partial charge in [0, 0.05) is 20.1 Å². The summed E-state index contributed by atoms with van der Waals surface area (Å²) < 4.78 is 31.8. The summed E-state index contributed by atoms with van der Waals surface area (Å²) in [5.41, 5.74) is -1.34. The molecule has 2 rings (SSSR count). The summed E-state index contributed by atoms with van der Waals surface area (Å²) >= 11 is 0. The van der Waals surface area contributed by atoms with E-state index in [2.05, 4.69) is 4.98 Å². The maximum Gasteiger partial charge on any atom is 0.214 e. The zero-order valence-electron chi connectivity index (χ0n) is 9.12. The molecule has 0 radical (unpaired) electrons. The molecule has 1 aromatic heterocycles. The van der Waals surface area contributed by atoms with E-state index in [4.69, 9.17) is 4.74 Å². The quantitative estimate of drug-likeness (QED) is 0.737. The first-order valence-electron chi connectivity index (χ1n) is 5.18. The van der Waals surface area contributed by atoms with Crippen molar-refractivity contribution in [1.29, 1.82) is 0 Å². The number of methoxy groups -OCH3 is 1. The lowest BCUT2D eigenvalue weighted by Gasteiger charge is -2.20. The fourth-order valence-corrected chi connectivity index (χ4v) is 1.98. The number of rotatable bonds is 3. The summed E-state index contributed by atoms with van der Waals surface area (Å²) in [6.45, 7) is 0.812. The van der Waals surface area contributed by atoms with Crippen molar-refractivity contribution in [3.8, 4) is 0 Å². The first-order chi connectivity index (χ1) is 7.63. The summed E-state index contributed by atoms with van der Waals surface area (Å²) in [4.78, 5) is 5.47. The number of hydrogen-bond donors (Lipinski definition) is 0. The Morgan fingerprint density at radius 3 is 3.06 bits per heavy atom. The Balaban J connectivity index is 2.09. The maximum atomic E-state index is 14.1. The standard InChI is InChI=1S/C11H14F2N2O/c1-16-8-11(13)5-6-15(7-11)10-4-2-3-9(12)14-10/h2-4H,5-8H2,1H3. The molecule has 1 atom stereocenters. The van der Waals surface area contributed by atoms with E-state index in [0.717, 1.165) is 0 Å². The zero-order chi connectivity index (χ0) is 11.6.